The van der Waals surface area contributed by atoms with Gasteiger partial charge in [-0.25, -0.2) is 0 Å². The van der Waals surface area contributed by atoms with Crippen LogP contribution in [0.3, 0.4) is 0 Å². The van der Waals surface area contributed by atoms with Crippen LogP contribution in [0.1, 0.15) is 44.2 Å². The average molecular weight is 387 g/mol. The molecule has 0 amide bonds. The van der Waals surface area contributed by atoms with Gasteiger partial charge >= 0.3 is 5.97 Å². The summed E-state index contributed by atoms with van der Waals surface area (Å²) in [6, 6.07) is 17.9. The summed E-state index contributed by atoms with van der Waals surface area (Å²) in [6.45, 7) is 4.62. The Morgan fingerprint density at radius 3 is 2.33 bits per heavy atom. The third-order valence-electron chi connectivity index (χ3n) is 5.10. The molecule has 2 aromatic rings. The molecule has 0 saturated carbocycles. The van der Waals surface area contributed by atoms with Gasteiger partial charge in [0.15, 0.2) is 0 Å². The van der Waals surface area contributed by atoms with Gasteiger partial charge in [-0.3, -0.25) is 4.79 Å². The standard InChI is InChI=1S/C22H30O4Si/c1-4-5-11-20(21(23)24-3)22(2,26-27)18-12-14-19(15-13-18)25-16-17-9-7-6-8-10-17/h6-10,12-15,20H,4-5,11,16H2,1-3,27H3. The maximum absolute atomic E-state index is 12.4. The van der Waals surface area contributed by atoms with E-state index >= 15 is 0 Å². The number of rotatable bonds is 10. The number of carbonyl (C=O) groups is 1. The van der Waals surface area contributed by atoms with E-state index in [0.717, 1.165) is 36.1 Å². The fourth-order valence-electron chi connectivity index (χ4n) is 3.25. The fourth-order valence-corrected chi connectivity index (χ4v) is 3.77. The summed E-state index contributed by atoms with van der Waals surface area (Å²) < 4.78 is 16.9. The minimum Gasteiger partial charge on any atom is -0.489 e. The summed E-state index contributed by atoms with van der Waals surface area (Å²) in [4.78, 5) is 12.4. The Balaban J connectivity index is 2.16. The molecule has 27 heavy (non-hydrogen) atoms. The number of ether oxygens (including phenoxy) is 2. The molecule has 4 nitrogen and oxygen atoms in total. The molecule has 2 atom stereocenters. The number of esters is 1. The maximum Gasteiger partial charge on any atom is 0.311 e. The van der Waals surface area contributed by atoms with Gasteiger partial charge in [-0.05, 0) is 36.6 Å². The molecule has 0 N–H and O–H groups in total. The van der Waals surface area contributed by atoms with E-state index in [9.17, 15) is 4.79 Å². The van der Waals surface area contributed by atoms with Crippen LogP contribution in [-0.2, 0) is 26.2 Å². The Labute approximate surface area is 165 Å². The molecule has 0 aliphatic rings. The molecule has 2 aromatic carbocycles. The third kappa shape index (κ3) is 5.43. The normalized spacial score (nSPS) is 14.3. The van der Waals surface area contributed by atoms with E-state index in [1.807, 2.05) is 61.5 Å². The zero-order valence-electron chi connectivity index (χ0n) is 16.7. The highest BCUT2D eigenvalue weighted by Crippen LogP contribution is 2.37. The van der Waals surface area contributed by atoms with E-state index in [1.165, 1.54) is 7.11 Å². The minimum absolute atomic E-state index is 0.216. The van der Waals surface area contributed by atoms with Crippen molar-refractivity contribution >= 4 is 16.5 Å². The van der Waals surface area contributed by atoms with Crippen LogP contribution in [0.4, 0.5) is 0 Å². The van der Waals surface area contributed by atoms with Gasteiger partial charge < -0.3 is 13.9 Å². The highest BCUT2D eigenvalue weighted by Gasteiger charge is 2.40. The first-order valence-electron chi connectivity index (χ1n) is 9.45. The van der Waals surface area contributed by atoms with E-state index in [0.29, 0.717) is 17.1 Å². The molecule has 0 aliphatic carbocycles. The second kappa shape index (κ2) is 10.3. The van der Waals surface area contributed by atoms with Crippen molar-refractivity contribution in [3.05, 3.63) is 65.7 Å². The summed E-state index contributed by atoms with van der Waals surface area (Å²) in [6.07, 6.45) is 2.73. The number of hydrogen-bond acceptors (Lipinski definition) is 4. The van der Waals surface area contributed by atoms with Gasteiger partial charge in [-0.2, -0.15) is 0 Å². The molecule has 0 saturated heterocycles. The molecule has 0 bridgehead atoms. The zero-order valence-corrected chi connectivity index (χ0v) is 18.7. The topological polar surface area (TPSA) is 44.8 Å². The first-order valence-corrected chi connectivity index (χ1v) is 10.3. The van der Waals surface area contributed by atoms with Crippen LogP contribution in [-0.4, -0.2) is 23.6 Å². The molecule has 0 spiro atoms. The molecule has 146 valence electrons. The number of methoxy groups -OCH3 is 1. The van der Waals surface area contributed by atoms with Crippen molar-refractivity contribution in [2.45, 2.75) is 45.3 Å². The quantitative estimate of drug-likeness (QED) is 0.461. The summed E-state index contributed by atoms with van der Waals surface area (Å²) in [5.74, 6) is 0.253. The van der Waals surface area contributed by atoms with Crippen molar-refractivity contribution in [3.63, 3.8) is 0 Å². The average Bonchev–Trinajstić information content (AvgIpc) is 2.73. The van der Waals surface area contributed by atoms with Crippen molar-refractivity contribution in [3.8, 4) is 5.75 Å². The number of benzene rings is 2. The summed E-state index contributed by atoms with van der Waals surface area (Å²) >= 11 is 0. The first-order chi connectivity index (χ1) is 13.0. The monoisotopic (exact) mass is 386 g/mol. The minimum atomic E-state index is -0.688. The second-order valence-electron chi connectivity index (χ2n) is 6.83. The predicted octanol–water partition coefficient (Wildman–Crippen LogP) is 3.76. The van der Waals surface area contributed by atoms with E-state index in [2.05, 4.69) is 6.92 Å². The number of unbranched alkanes of at least 4 members (excludes halogenated alkanes) is 1. The van der Waals surface area contributed by atoms with E-state index in [4.69, 9.17) is 13.9 Å². The molecule has 2 rings (SSSR count). The van der Waals surface area contributed by atoms with Gasteiger partial charge in [0.2, 0.25) is 0 Å². The van der Waals surface area contributed by atoms with Crippen molar-refractivity contribution in [2.75, 3.05) is 7.11 Å². The molecule has 0 fully saturated rings. The lowest BCUT2D eigenvalue weighted by molar-refractivity contribution is -0.154. The van der Waals surface area contributed by atoms with E-state index in [-0.39, 0.29) is 11.9 Å². The van der Waals surface area contributed by atoms with Gasteiger partial charge in [0.1, 0.15) is 22.8 Å². The lowest BCUT2D eigenvalue weighted by Crippen LogP contribution is -2.40. The Morgan fingerprint density at radius 1 is 1.11 bits per heavy atom. The van der Waals surface area contributed by atoms with Gasteiger partial charge in [0, 0.05) is 0 Å². The van der Waals surface area contributed by atoms with Crippen molar-refractivity contribution < 1.29 is 18.7 Å². The largest absolute Gasteiger partial charge is 0.489 e. The van der Waals surface area contributed by atoms with E-state index < -0.39 is 5.60 Å². The Bertz CT molecular complexity index is 702. The van der Waals surface area contributed by atoms with Gasteiger partial charge in [-0.15, -0.1) is 0 Å². The van der Waals surface area contributed by atoms with Crippen molar-refractivity contribution in [2.24, 2.45) is 5.92 Å². The molecule has 2 unspecified atom stereocenters. The number of hydrogen-bond donors (Lipinski definition) is 0. The zero-order chi connectivity index (χ0) is 19.7. The molecule has 0 aromatic heterocycles. The van der Waals surface area contributed by atoms with Crippen LogP contribution < -0.4 is 4.74 Å². The van der Waals surface area contributed by atoms with Gasteiger partial charge in [-0.1, -0.05) is 62.2 Å². The van der Waals surface area contributed by atoms with Crippen LogP contribution in [0.2, 0.25) is 0 Å². The Kier molecular flexibility index (Phi) is 8.07. The van der Waals surface area contributed by atoms with Crippen LogP contribution in [0.15, 0.2) is 54.6 Å². The summed E-state index contributed by atoms with van der Waals surface area (Å²) in [5.41, 5.74) is 1.41. The predicted molar refractivity (Wildman–Crippen MR) is 111 cm³/mol. The molecule has 5 heteroatoms. The summed E-state index contributed by atoms with van der Waals surface area (Å²) in [5, 5.41) is 0. The van der Waals surface area contributed by atoms with Crippen molar-refractivity contribution in [1.82, 2.24) is 0 Å². The van der Waals surface area contributed by atoms with Crippen LogP contribution in [0.25, 0.3) is 0 Å². The SMILES string of the molecule is CCCCC(C(=O)OC)C(C)(O[SiH3])c1ccc(OCc2ccccc2)cc1. The Morgan fingerprint density at radius 2 is 1.78 bits per heavy atom. The van der Waals surface area contributed by atoms with Crippen LogP contribution >= 0.6 is 0 Å². The Hall–Kier alpha value is -2.11. The smallest absolute Gasteiger partial charge is 0.311 e. The lowest BCUT2D eigenvalue weighted by Gasteiger charge is -2.36. The van der Waals surface area contributed by atoms with E-state index in [1.54, 1.807) is 0 Å². The number of carbonyl (C=O) groups excluding carboxylic acids is 1. The third-order valence-corrected chi connectivity index (χ3v) is 5.94. The highest BCUT2D eigenvalue weighted by atomic mass is 28.2. The van der Waals surface area contributed by atoms with Crippen LogP contribution in [0, 0.1) is 5.92 Å². The fraction of sp³-hybridized carbons (Fsp3) is 0.409. The van der Waals surface area contributed by atoms with Crippen LogP contribution in [0.5, 0.6) is 5.75 Å². The van der Waals surface area contributed by atoms with Gasteiger partial charge in [0.05, 0.1) is 18.6 Å². The first kappa shape index (κ1) is 21.2. The summed E-state index contributed by atoms with van der Waals surface area (Å²) in [7, 11) is 1.97. The molecular weight excluding hydrogens is 356 g/mol. The maximum atomic E-state index is 12.4. The molecule has 0 aliphatic heterocycles. The second-order valence-corrected chi connectivity index (χ2v) is 7.24. The molecule has 0 radical (unpaired) electrons. The molecular formula is C22H30O4Si. The molecule has 0 heterocycles. The van der Waals surface area contributed by atoms with Gasteiger partial charge in [0.25, 0.3) is 0 Å². The lowest BCUT2D eigenvalue weighted by atomic mass is 9.80. The van der Waals surface area contributed by atoms with Crippen molar-refractivity contribution in [1.29, 1.82) is 0 Å². The highest BCUT2D eigenvalue weighted by molar-refractivity contribution is 5.98.